The lowest BCUT2D eigenvalue weighted by Crippen LogP contribution is -2.13. The topological polar surface area (TPSA) is 46.2 Å². The molecule has 3 rings (SSSR count). The van der Waals surface area contributed by atoms with Gasteiger partial charge in [0.05, 0.1) is 16.7 Å². The zero-order valence-corrected chi connectivity index (χ0v) is 13.3. The van der Waals surface area contributed by atoms with Gasteiger partial charge in [0.15, 0.2) is 9.84 Å². The van der Waals surface area contributed by atoms with Gasteiger partial charge in [-0.3, -0.25) is 0 Å². The number of aryl methyl sites for hydroxylation is 1. The van der Waals surface area contributed by atoms with Crippen molar-refractivity contribution in [3.05, 3.63) is 58.1 Å². The summed E-state index contributed by atoms with van der Waals surface area (Å²) in [6, 6.07) is 13.0. The second-order valence-corrected chi connectivity index (χ2v) is 7.89. The predicted molar refractivity (Wildman–Crippen MR) is 83.7 cm³/mol. The molecular weight excluding hydrogens is 338 g/mol. The van der Waals surface area contributed by atoms with E-state index in [1.54, 1.807) is 12.1 Å². The van der Waals surface area contributed by atoms with Crippen LogP contribution in [-0.4, -0.2) is 14.2 Å². The van der Waals surface area contributed by atoms with E-state index < -0.39 is 9.84 Å². The fourth-order valence-corrected chi connectivity index (χ4v) is 4.61. The lowest BCUT2D eigenvalue weighted by Gasteiger charge is -2.16. The predicted octanol–water partition coefficient (Wildman–Crippen LogP) is 3.70. The molecule has 5 heteroatoms. The average molecular weight is 352 g/mol. The highest BCUT2D eigenvalue weighted by Gasteiger charge is 2.34. The summed E-state index contributed by atoms with van der Waals surface area (Å²) in [6.07, 6.45) is 0. The molecule has 1 heterocycles. The minimum Gasteiger partial charge on any atom is -0.377 e. The SMILES string of the molecule is Cc1ccc(Br)cc1NC1CS(=O)(=O)c2ccccc21. The van der Waals surface area contributed by atoms with Gasteiger partial charge in [-0.05, 0) is 36.2 Å². The molecule has 2 aromatic rings. The van der Waals surface area contributed by atoms with Crippen molar-refractivity contribution < 1.29 is 8.42 Å². The van der Waals surface area contributed by atoms with Gasteiger partial charge in [0, 0.05) is 10.2 Å². The highest BCUT2D eigenvalue weighted by molar-refractivity contribution is 9.10. The average Bonchev–Trinajstić information content (AvgIpc) is 2.66. The molecule has 0 saturated heterocycles. The number of fused-ring (bicyclic) bond motifs is 1. The summed E-state index contributed by atoms with van der Waals surface area (Å²) in [7, 11) is -3.17. The summed E-state index contributed by atoms with van der Waals surface area (Å²) in [4.78, 5) is 0.449. The standard InChI is InChI=1S/C15H14BrNO2S/c1-10-6-7-11(16)8-13(10)17-14-9-20(18,19)15-5-3-2-4-12(14)15/h2-8,14,17H,9H2,1H3. The Bertz CT molecular complexity index is 771. The van der Waals surface area contributed by atoms with Crippen LogP contribution in [0.15, 0.2) is 51.8 Å². The maximum atomic E-state index is 12.2. The summed E-state index contributed by atoms with van der Waals surface area (Å²) >= 11 is 3.44. The fourth-order valence-electron chi connectivity index (χ4n) is 2.51. The van der Waals surface area contributed by atoms with Crippen LogP contribution in [0.5, 0.6) is 0 Å². The van der Waals surface area contributed by atoms with Crippen molar-refractivity contribution in [1.82, 2.24) is 0 Å². The van der Waals surface area contributed by atoms with Crippen LogP contribution in [0.4, 0.5) is 5.69 Å². The zero-order valence-electron chi connectivity index (χ0n) is 10.9. The summed E-state index contributed by atoms with van der Waals surface area (Å²) in [5, 5.41) is 3.35. The second-order valence-electron chi connectivity index (χ2n) is 4.98. The van der Waals surface area contributed by atoms with E-state index in [9.17, 15) is 8.42 Å². The number of anilines is 1. The minimum atomic E-state index is -3.17. The van der Waals surface area contributed by atoms with Crippen molar-refractivity contribution in [3.63, 3.8) is 0 Å². The van der Waals surface area contributed by atoms with Gasteiger partial charge in [0.2, 0.25) is 0 Å². The normalized spacial score (nSPS) is 19.6. The van der Waals surface area contributed by atoms with Crippen molar-refractivity contribution in [3.8, 4) is 0 Å². The Hall–Kier alpha value is -1.33. The number of nitrogens with one attached hydrogen (secondary N) is 1. The van der Waals surface area contributed by atoms with E-state index in [-0.39, 0.29) is 11.8 Å². The van der Waals surface area contributed by atoms with Crippen LogP contribution in [0.1, 0.15) is 17.2 Å². The van der Waals surface area contributed by atoms with E-state index in [0.29, 0.717) is 4.90 Å². The minimum absolute atomic E-state index is 0.109. The highest BCUT2D eigenvalue weighted by atomic mass is 79.9. The summed E-state index contributed by atoms with van der Waals surface area (Å²) in [5.41, 5.74) is 2.90. The van der Waals surface area contributed by atoms with Gasteiger partial charge >= 0.3 is 0 Å². The zero-order chi connectivity index (χ0) is 14.3. The van der Waals surface area contributed by atoms with E-state index in [2.05, 4.69) is 21.2 Å². The first-order valence-electron chi connectivity index (χ1n) is 6.32. The Balaban J connectivity index is 2.00. The van der Waals surface area contributed by atoms with Gasteiger partial charge in [0.25, 0.3) is 0 Å². The lowest BCUT2D eigenvalue weighted by atomic mass is 10.1. The molecule has 1 N–H and O–H groups in total. The van der Waals surface area contributed by atoms with Crippen LogP contribution in [-0.2, 0) is 9.84 Å². The Morgan fingerprint density at radius 2 is 1.95 bits per heavy atom. The number of hydrogen-bond donors (Lipinski definition) is 1. The molecule has 1 unspecified atom stereocenters. The molecule has 0 spiro atoms. The van der Waals surface area contributed by atoms with Gasteiger partial charge < -0.3 is 5.32 Å². The van der Waals surface area contributed by atoms with E-state index in [1.807, 2.05) is 37.3 Å². The number of hydrogen-bond acceptors (Lipinski definition) is 3. The van der Waals surface area contributed by atoms with Crippen molar-refractivity contribution in [2.24, 2.45) is 0 Å². The van der Waals surface area contributed by atoms with Crippen LogP contribution in [0.25, 0.3) is 0 Å². The second kappa shape index (κ2) is 4.90. The first-order chi connectivity index (χ1) is 9.47. The quantitative estimate of drug-likeness (QED) is 0.897. The molecule has 2 aromatic carbocycles. The van der Waals surface area contributed by atoms with Crippen molar-refractivity contribution in [1.29, 1.82) is 0 Å². The van der Waals surface area contributed by atoms with Gasteiger partial charge in [-0.25, -0.2) is 8.42 Å². The van der Waals surface area contributed by atoms with Crippen LogP contribution in [0, 0.1) is 6.92 Å². The fraction of sp³-hybridized carbons (Fsp3) is 0.200. The van der Waals surface area contributed by atoms with Crippen LogP contribution >= 0.6 is 15.9 Å². The third-order valence-electron chi connectivity index (χ3n) is 3.54. The molecule has 0 amide bonds. The van der Waals surface area contributed by atoms with Gasteiger partial charge in [-0.1, -0.05) is 40.2 Å². The maximum absolute atomic E-state index is 12.2. The molecule has 0 aliphatic carbocycles. The Morgan fingerprint density at radius 3 is 2.75 bits per heavy atom. The number of benzene rings is 2. The molecule has 104 valence electrons. The van der Waals surface area contributed by atoms with Crippen LogP contribution in [0.3, 0.4) is 0 Å². The Labute approximate surface area is 127 Å². The molecule has 20 heavy (non-hydrogen) atoms. The molecule has 1 atom stereocenters. The highest BCUT2D eigenvalue weighted by Crippen LogP contribution is 2.36. The van der Waals surface area contributed by atoms with Gasteiger partial charge in [-0.2, -0.15) is 0 Å². The molecule has 0 bridgehead atoms. The van der Waals surface area contributed by atoms with E-state index >= 15 is 0 Å². The van der Waals surface area contributed by atoms with Gasteiger partial charge in [-0.15, -0.1) is 0 Å². The summed E-state index contributed by atoms with van der Waals surface area (Å²) in [6.45, 7) is 2.00. The van der Waals surface area contributed by atoms with Crippen LogP contribution in [0.2, 0.25) is 0 Å². The lowest BCUT2D eigenvalue weighted by molar-refractivity contribution is 0.598. The third-order valence-corrected chi connectivity index (χ3v) is 5.85. The van der Waals surface area contributed by atoms with E-state index in [1.165, 1.54) is 0 Å². The largest absolute Gasteiger partial charge is 0.377 e. The molecule has 3 nitrogen and oxygen atoms in total. The molecule has 1 aliphatic rings. The Kier molecular flexibility index (Phi) is 3.34. The van der Waals surface area contributed by atoms with Crippen molar-refractivity contribution in [2.75, 3.05) is 11.1 Å². The van der Waals surface area contributed by atoms with Crippen LogP contribution < -0.4 is 5.32 Å². The first-order valence-corrected chi connectivity index (χ1v) is 8.76. The smallest absolute Gasteiger partial charge is 0.181 e. The number of sulfone groups is 1. The molecule has 1 aliphatic heterocycles. The monoisotopic (exact) mass is 351 g/mol. The molecule has 0 saturated carbocycles. The molecule has 0 aromatic heterocycles. The summed E-state index contributed by atoms with van der Waals surface area (Å²) < 4.78 is 25.3. The van der Waals surface area contributed by atoms with Gasteiger partial charge in [0.1, 0.15) is 0 Å². The third kappa shape index (κ3) is 2.36. The van der Waals surface area contributed by atoms with E-state index in [4.69, 9.17) is 0 Å². The number of rotatable bonds is 2. The summed E-state index contributed by atoms with van der Waals surface area (Å²) in [5.74, 6) is 0.109. The number of halogens is 1. The van der Waals surface area contributed by atoms with Crippen molar-refractivity contribution >= 4 is 31.5 Å². The molecule has 0 fully saturated rings. The Morgan fingerprint density at radius 1 is 1.20 bits per heavy atom. The maximum Gasteiger partial charge on any atom is 0.181 e. The first kappa shape index (κ1) is 13.6. The van der Waals surface area contributed by atoms with E-state index in [0.717, 1.165) is 21.3 Å². The molecular formula is C15H14BrNO2S. The van der Waals surface area contributed by atoms with Crippen molar-refractivity contribution in [2.45, 2.75) is 17.9 Å². The molecule has 0 radical (unpaired) electrons.